The van der Waals surface area contributed by atoms with E-state index in [2.05, 4.69) is 37.8 Å². The van der Waals surface area contributed by atoms with Crippen molar-refractivity contribution in [3.63, 3.8) is 0 Å². The van der Waals surface area contributed by atoms with Crippen molar-refractivity contribution in [2.24, 2.45) is 5.73 Å². The fraction of sp³-hybridized carbons (Fsp3) is 0.360. The van der Waals surface area contributed by atoms with Gasteiger partial charge < -0.3 is 26.0 Å². The Morgan fingerprint density at radius 1 is 1.14 bits per heavy atom. The summed E-state index contributed by atoms with van der Waals surface area (Å²) in [6.07, 6.45) is 4.01. The molecule has 1 atom stereocenters. The number of halogens is 1. The fourth-order valence-corrected chi connectivity index (χ4v) is 4.81. The van der Waals surface area contributed by atoms with Gasteiger partial charge in [0.25, 0.3) is 5.91 Å². The van der Waals surface area contributed by atoms with E-state index in [1.807, 2.05) is 36.4 Å². The van der Waals surface area contributed by atoms with Gasteiger partial charge >= 0.3 is 0 Å². The van der Waals surface area contributed by atoms with E-state index in [-0.39, 0.29) is 23.6 Å². The highest BCUT2D eigenvalue weighted by molar-refractivity contribution is 6.33. The van der Waals surface area contributed by atoms with E-state index in [1.165, 1.54) is 11.1 Å². The molecule has 0 aliphatic carbocycles. The largest absolute Gasteiger partial charge is 0.373 e. The molecular weight excluding hydrogens is 466 g/mol. The number of carbonyl (C=O) groups is 1. The molecule has 0 spiro atoms. The lowest BCUT2D eigenvalue weighted by Gasteiger charge is -2.26. The second-order valence-electron chi connectivity index (χ2n) is 8.98. The van der Waals surface area contributed by atoms with Crippen LogP contribution in [0.5, 0.6) is 0 Å². The minimum Gasteiger partial charge on any atom is -0.373 e. The fourth-order valence-electron chi connectivity index (χ4n) is 4.57. The van der Waals surface area contributed by atoms with Crippen molar-refractivity contribution in [2.75, 3.05) is 30.8 Å². The summed E-state index contributed by atoms with van der Waals surface area (Å²) in [7, 11) is 2.09. The highest BCUT2D eigenvalue weighted by Crippen LogP contribution is 2.35. The van der Waals surface area contributed by atoms with Crippen LogP contribution in [-0.4, -0.2) is 46.2 Å². The first-order valence-corrected chi connectivity index (χ1v) is 12.1. The standard InChI is InChI=1S/C25H28ClN7O2/c1-33-10-9-15-13-20(18(26)12-16(15)14-33)29-25-30-24(22(23(27)34)31-32-25)28-19-7-3-2-6-17(19)21-8-4-5-11-35-21/h2-3,6-7,12-13,21H,4-5,8-11,14H2,1H3,(H2,27,34)(H2,28,29,30,32). The molecule has 182 valence electrons. The van der Waals surface area contributed by atoms with E-state index in [0.29, 0.717) is 10.7 Å². The highest BCUT2D eigenvalue weighted by atomic mass is 35.5. The summed E-state index contributed by atoms with van der Waals surface area (Å²) >= 11 is 6.56. The summed E-state index contributed by atoms with van der Waals surface area (Å²) < 4.78 is 5.98. The van der Waals surface area contributed by atoms with Gasteiger partial charge in [-0.1, -0.05) is 29.8 Å². The maximum Gasteiger partial charge on any atom is 0.273 e. The Hall–Kier alpha value is -3.27. The number of para-hydroxylation sites is 1. The number of amides is 1. The molecule has 1 unspecified atom stereocenters. The van der Waals surface area contributed by atoms with Crippen LogP contribution in [0.2, 0.25) is 5.02 Å². The molecule has 2 aromatic carbocycles. The van der Waals surface area contributed by atoms with Crippen molar-refractivity contribution in [3.05, 3.63) is 63.8 Å². The second kappa shape index (κ2) is 10.2. The zero-order valence-corrected chi connectivity index (χ0v) is 20.3. The van der Waals surface area contributed by atoms with E-state index >= 15 is 0 Å². The van der Waals surface area contributed by atoms with Gasteiger partial charge in [-0.2, -0.15) is 4.98 Å². The summed E-state index contributed by atoms with van der Waals surface area (Å²) in [5, 5.41) is 15.1. The van der Waals surface area contributed by atoms with E-state index in [4.69, 9.17) is 22.1 Å². The van der Waals surface area contributed by atoms with Gasteiger partial charge in [0.1, 0.15) is 0 Å². The van der Waals surface area contributed by atoms with Crippen LogP contribution in [0.1, 0.15) is 52.5 Å². The quantitative estimate of drug-likeness (QED) is 0.464. The Morgan fingerprint density at radius 2 is 2.00 bits per heavy atom. The Morgan fingerprint density at radius 3 is 2.80 bits per heavy atom. The zero-order valence-electron chi connectivity index (χ0n) is 19.6. The number of anilines is 4. The lowest BCUT2D eigenvalue weighted by molar-refractivity contribution is 0.0154. The third kappa shape index (κ3) is 5.22. The first-order valence-electron chi connectivity index (χ1n) is 11.8. The van der Waals surface area contributed by atoms with E-state index in [1.54, 1.807) is 0 Å². The SMILES string of the molecule is CN1CCc2cc(Nc3nnc(C(N)=O)c(Nc4ccccc4C4CCCCO4)n3)c(Cl)cc2C1. The first-order chi connectivity index (χ1) is 17.0. The van der Waals surface area contributed by atoms with Gasteiger partial charge in [0.05, 0.1) is 16.8 Å². The topological polar surface area (TPSA) is 118 Å². The van der Waals surface area contributed by atoms with Crippen molar-refractivity contribution in [2.45, 2.75) is 38.3 Å². The normalized spacial score (nSPS) is 18.1. The monoisotopic (exact) mass is 493 g/mol. The second-order valence-corrected chi connectivity index (χ2v) is 9.39. The minimum atomic E-state index is -0.721. The van der Waals surface area contributed by atoms with Crippen LogP contribution < -0.4 is 16.4 Å². The molecule has 0 bridgehead atoms. The van der Waals surface area contributed by atoms with Crippen molar-refractivity contribution in [1.82, 2.24) is 20.1 Å². The molecule has 1 fully saturated rings. The average Bonchev–Trinajstić information content (AvgIpc) is 2.85. The van der Waals surface area contributed by atoms with Gasteiger partial charge in [-0.05, 0) is 62.1 Å². The number of hydrogen-bond donors (Lipinski definition) is 3. The number of fused-ring (bicyclic) bond motifs is 1. The molecule has 5 rings (SSSR count). The van der Waals surface area contributed by atoms with Crippen molar-refractivity contribution in [3.8, 4) is 0 Å². The maximum atomic E-state index is 12.1. The molecule has 1 saturated heterocycles. The average molecular weight is 494 g/mol. The third-order valence-electron chi connectivity index (χ3n) is 6.40. The summed E-state index contributed by atoms with van der Waals surface area (Å²) in [6, 6.07) is 11.8. The Kier molecular flexibility index (Phi) is 6.81. The number of ether oxygens (including phenoxy) is 1. The van der Waals surface area contributed by atoms with Crippen molar-refractivity contribution < 1.29 is 9.53 Å². The number of carbonyl (C=O) groups excluding carboxylic acids is 1. The van der Waals surface area contributed by atoms with Crippen molar-refractivity contribution >= 4 is 40.6 Å². The van der Waals surface area contributed by atoms with Crippen LogP contribution in [-0.2, 0) is 17.7 Å². The minimum absolute atomic E-state index is 0.0229. The molecule has 2 aliphatic heterocycles. The lowest BCUT2D eigenvalue weighted by Crippen LogP contribution is -2.26. The molecule has 3 heterocycles. The summed E-state index contributed by atoms with van der Waals surface area (Å²) in [5.41, 5.74) is 10.4. The Bertz CT molecular complexity index is 1250. The van der Waals surface area contributed by atoms with Gasteiger partial charge in [-0.25, -0.2) is 0 Å². The van der Waals surface area contributed by atoms with Crippen LogP contribution in [0, 0.1) is 0 Å². The third-order valence-corrected chi connectivity index (χ3v) is 6.71. The number of primary amides is 1. The molecule has 10 heteroatoms. The number of nitrogens with zero attached hydrogens (tertiary/aromatic N) is 4. The molecule has 1 amide bonds. The first kappa shape index (κ1) is 23.5. The molecule has 1 aromatic heterocycles. The van der Waals surface area contributed by atoms with Gasteiger partial charge in [-0.3, -0.25) is 4.79 Å². The summed E-state index contributed by atoms with van der Waals surface area (Å²) in [4.78, 5) is 18.9. The Balaban J connectivity index is 1.44. The smallest absolute Gasteiger partial charge is 0.273 e. The van der Waals surface area contributed by atoms with E-state index in [0.717, 1.165) is 56.6 Å². The molecule has 4 N–H and O–H groups in total. The predicted molar refractivity (Wildman–Crippen MR) is 135 cm³/mol. The van der Waals surface area contributed by atoms with E-state index in [9.17, 15) is 4.79 Å². The molecule has 0 saturated carbocycles. The number of aromatic nitrogens is 3. The Labute approximate surface area is 209 Å². The molecular formula is C25H28ClN7O2. The predicted octanol–water partition coefficient (Wildman–Crippen LogP) is 4.34. The van der Waals surface area contributed by atoms with Crippen LogP contribution in [0.4, 0.5) is 23.1 Å². The molecule has 0 radical (unpaired) electrons. The maximum absolute atomic E-state index is 12.1. The number of nitrogens with two attached hydrogens (primary N) is 1. The van der Waals surface area contributed by atoms with Crippen LogP contribution >= 0.6 is 11.6 Å². The summed E-state index contributed by atoms with van der Waals surface area (Å²) in [5.74, 6) is -0.297. The number of rotatable bonds is 6. The van der Waals surface area contributed by atoms with Crippen LogP contribution in [0.15, 0.2) is 36.4 Å². The molecule has 2 aliphatic rings. The number of likely N-dealkylation sites (N-methyl/N-ethyl adjacent to an activating group) is 1. The van der Waals surface area contributed by atoms with E-state index < -0.39 is 5.91 Å². The number of benzene rings is 2. The highest BCUT2D eigenvalue weighted by Gasteiger charge is 2.22. The number of nitrogens with one attached hydrogen (secondary N) is 2. The van der Waals surface area contributed by atoms with Gasteiger partial charge in [-0.15, -0.1) is 10.2 Å². The van der Waals surface area contributed by atoms with Crippen molar-refractivity contribution in [1.29, 1.82) is 0 Å². The van der Waals surface area contributed by atoms with Gasteiger partial charge in [0.15, 0.2) is 11.5 Å². The van der Waals surface area contributed by atoms with Crippen LogP contribution in [0.3, 0.4) is 0 Å². The van der Waals surface area contributed by atoms with Gasteiger partial charge in [0.2, 0.25) is 5.95 Å². The molecule has 35 heavy (non-hydrogen) atoms. The molecule has 3 aromatic rings. The van der Waals surface area contributed by atoms with Crippen LogP contribution in [0.25, 0.3) is 0 Å². The van der Waals surface area contributed by atoms with Gasteiger partial charge in [0, 0.05) is 30.9 Å². The molecule has 9 nitrogen and oxygen atoms in total. The number of hydrogen-bond acceptors (Lipinski definition) is 8. The summed E-state index contributed by atoms with van der Waals surface area (Å²) in [6.45, 7) is 2.57. The zero-order chi connectivity index (χ0) is 24.4. The lowest BCUT2D eigenvalue weighted by atomic mass is 9.99.